The smallest absolute Gasteiger partial charge is 0.215 e. The molecule has 2 aromatic rings. The number of nitrogens with zero attached hydrogens (tertiary/aromatic N) is 3. The SMILES string of the molecule is Cn1nncc1C(=O)c1cccc(Cl)c1F. The molecule has 6 heteroatoms. The van der Waals surface area contributed by atoms with Crippen LogP contribution in [0.1, 0.15) is 16.1 Å². The maximum Gasteiger partial charge on any atom is 0.215 e. The van der Waals surface area contributed by atoms with Gasteiger partial charge >= 0.3 is 0 Å². The Labute approximate surface area is 95.6 Å². The van der Waals surface area contributed by atoms with E-state index >= 15 is 0 Å². The van der Waals surface area contributed by atoms with E-state index in [-0.39, 0.29) is 16.3 Å². The van der Waals surface area contributed by atoms with Crippen LogP contribution in [0.5, 0.6) is 0 Å². The summed E-state index contributed by atoms with van der Waals surface area (Å²) in [4.78, 5) is 11.9. The summed E-state index contributed by atoms with van der Waals surface area (Å²) in [5.74, 6) is -1.22. The predicted molar refractivity (Wildman–Crippen MR) is 55.8 cm³/mol. The Kier molecular flexibility index (Phi) is 2.70. The maximum atomic E-state index is 13.6. The van der Waals surface area contributed by atoms with Crippen LogP contribution in [0, 0.1) is 5.82 Å². The topological polar surface area (TPSA) is 47.8 Å². The van der Waals surface area contributed by atoms with Gasteiger partial charge < -0.3 is 0 Å². The fraction of sp³-hybridized carbons (Fsp3) is 0.100. The van der Waals surface area contributed by atoms with E-state index < -0.39 is 11.6 Å². The molecule has 0 bridgehead atoms. The van der Waals surface area contributed by atoms with Crippen LogP contribution in [0.2, 0.25) is 5.02 Å². The zero-order valence-electron chi connectivity index (χ0n) is 8.32. The molecule has 2 rings (SSSR count). The maximum absolute atomic E-state index is 13.6. The summed E-state index contributed by atoms with van der Waals surface area (Å²) in [7, 11) is 1.56. The van der Waals surface area contributed by atoms with E-state index in [0.717, 1.165) is 0 Å². The van der Waals surface area contributed by atoms with Crippen molar-refractivity contribution < 1.29 is 9.18 Å². The average Bonchev–Trinajstić information content (AvgIpc) is 2.68. The highest BCUT2D eigenvalue weighted by molar-refractivity contribution is 6.31. The van der Waals surface area contributed by atoms with Crippen molar-refractivity contribution in [3.8, 4) is 0 Å². The molecule has 0 aliphatic rings. The normalized spacial score (nSPS) is 10.4. The molecule has 0 saturated heterocycles. The van der Waals surface area contributed by atoms with Crippen molar-refractivity contribution in [1.29, 1.82) is 0 Å². The van der Waals surface area contributed by atoms with Crippen LogP contribution in [-0.4, -0.2) is 20.8 Å². The monoisotopic (exact) mass is 239 g/mol. The summed E-state index contributed by atoms with van der Waals surface area (Å²) in [5.41, 5.74) is 0.124. The van der Waals surface area contributed by atoms with Gasteiger partial charge in [0.15, 0.2) is 5.82 Å². The molecule has 0 aliphatic heterocycles. The third-order valence-electron chi connectivity index (χ3n) is 2.14. The number of ketones is 1. The van der Waals surface area contributed by atoms with Gasteiger partial charge in [0.05, 0.1) is 16.8 Å². The summed E-state index contributed by atoms with van der Waals surface area (Å²) >= 11 is 5.59. The molecule has 82 valence electrons. The fourth-order valence-electron chi connectivity index (χ4n) is 1.31. The fourth-order valence-corrected chi connectivity index (χ4v) is 1.49. The molecular formula is C10H7ClFN3O. The lowest BCUT2D eigenvalue weighted by atomic mass is 10.1. The van der Waals surface area contributed by atoms with Crippen LogP contribution >= 0.6 is 11.6 Å². The minimum atomic E-state index is -0.727. The van der Waals surface area contributed by atoms with Gasteiger partial charge in [0, 0.05) is 7.05 Å². The zero-order valence-corrected chi connectivity index (χ0v) is 9.07. The quantitative estimate of drug-likeness (QED) is 0.752. The molecule has 0 radical (unpaired) electrons. The Morgan fingerprint density at radius 1 is 1.50 bits per heavy atom. The lowest BCUT2D eigenvalue weighted by Crippen LogP contribution is -2.10. The molecule has 4 nitrogen and oxygen atoms in total. The third kappa shape index (κ3) is 1.69. The molecule has 0 spiro atoms. The summed E-state index contributed by atoms with van der Waals surface area (Å²) in [5, 5.41) is 7.08. The number of aryl methyl sites for hydroxylation is 1. The Balaban J connectivity index is 2.50. The molecule has 1 aromatic carbocycles. The van der Waals surface area contributed by atoms with Gasteiger partial charge in [0.2, 0.25) is 5.78 Å². The van der Waals surface area contributed by atoms with Crippen molar-refractivity contribution in [2.75, 3.05) is 0 Å². The minimum Gasteiger partial charge on any atom is -0.287 e. The zero-order chi connectivity index (χ0) is 11.7. The van der Waals surface area contributed by atoms with Crippen LogP contribution in [0.4, 0.5) is 4.39 Å². The van der Waals surface area contributed by atoms with Gasteiger partial charge in [-0.3, -0.25) is 4.79 Å². The first-order chi connectivity index (χ1) is 7.61. The van der Waals surface area contributed by atoms with Crippen LogP contribution in [-0.2, 0) is 7.05 Å². The van der Waals surface area contributed by atoms with Gasteiger partial charge in [-0.25, -0.2) is 9.07 Å². The molecular weight excluding hydrogens is 233 g/mol. The summed E-state index contributed by atoms with van der Waals surface area (Å²) in [6.07, 6.45) is 1.28. The van der Waals surface area contributed by atoms with Gasteiger partial charge in [-0.1, -0.05) is 22.9 Å². The second-order valence-electron chi connectivity index (χ2n) is 3.17. The highest BCUT2D eigenvalue weighted by Crippen LogP contribution is 2.20. The highest BCUT2D eigenvalue weighted by Gasteiger charge is 2.18. The molecule has 1 heterocycles. The van der Waals surface area contributed by atoms with Crippen molar-refractivity contribution in [3.63, 3.8) is 0 Å². The number of benzene rings is 1. The van der Waals surface area contributed by atoms with Crippen LogP contribution < -0.4 is 0 Å². The van der Waals surface area contributed by atoms with E-state index in [9.17, 15) is 9.18 Å². The van der Waals surface area contributed by atoms with Crippen molar-refractivity contribution in [1.82, 2.24) is 15.0 Å². The predicted octanol–water partition coefficient (Wildman–Crippen LogP) is 1.84. The number of hydrogen-bond donors (Lipinski definition) is 0. The molecule has 0 fully saturated rings. The first-order valence-corrected chi connectivity index (χ1v) is 4.82. The first kappa shape index (κ1) is 10.8. The van der Waals surface area contributed by atoms with Crippen LogP contribution in [0.3, 0.4) is 0 Å². The Hall–Kier alpha value is -1.75. The van der Waals surface area contributed by atoms with Crippen molar-refractivity contribution >= 4 is 17.4 Å². The second-order valence-corrected chi connectivity index (χ2v) is 3.58. The van der Waals surface area contributed by atoms with E-state index in [4.69, 9.17) is 11.6 Å². The highest BCUT2D eigenvalue weighted by atomic mass is 35.5. The summed E-state index contributed by atoms with van der Waals surface area (Å²) < 4.78 is 14.9. The average molecular weight is 240 g/mol. The number of halogens is 2. The molecule has 0 aliphatic carbocycles. The molecule has 1 aromatic heterocycles. The molecule has 0 amide bonds. The van der Waals surface area contributed by atoms with E-state index in [1.54, 1.807) is 7.05 Å². The van der Waals surface area contributed by atoms with E-state index in [1.165, 1.54) is 29.1 Å². The van der Waals surface area contributed by atoms with Gasteiger partial charge in [-0.05, 0) is 12.1 Å². The summed E-state index contributed by atoms with van der Waals surface area (Å²) in [6, 6.07) is 4.27. The van der Waals surface area contributed by atoms with E-state index in [1.807, 2.05) is 0 Å². The number of hydrogen-bond acceptors (Lipinski definition) is 3. The molecule has 0 atom stereocenters. The van der Waals surface area contributed by atoms with E-state index in [2.05, 4.69) is 10.3 Å². The number of carbonyl (C=O) groups is 1. The summed E-state index contributed by atoms with van der Waals surface area (Å²) in [6.45, 7) is 0. The number of aromatic nitrogens is 3. The molecule has 0 saturated carbocycles. The Morgan fingerprint density at radius 2 is 2.25 bits per heavy atom. The largest absolute Gasteiger partial charge is 0.287 e. The lowest BCUT2D eigenvalue weighted by Gasteiger charge is -2.02. The van der Waals surface area contributed by atoms with Gasteiger partial charge in [0.1, 0.15) is 5.69 Å². The minimum absolute atomic E-state index is 0.0824. The first-order valence-electron chi connectivity index (χ1n) is 4.44. The molecule has 0 unspecified atom stereocenters. The lowest BCUT2D eigenvalue weighted by molar-refractivity contribution is 0.102. The standard InChI is InChI=1S/C10H7ClFN3O/c1-15-8(5-13-14-15)10(16)6-3-2-4-7(11)9(6)12/h2-5H,1H3. The van der Waals surface area contributed by atoms with Gasteiger partial charge in [-0.15, -0.1) is 5.10 Å². The molecule has 0 N–H and O–H groups in total. The van der Waals surface area contributed by atoms with Gasteiger partial charge in [0.25, 0.3) is 0 Å². The Bertz CT molecular complexity index is 553. The van der Waals surface area contributed by atoms with Crippen LogP contribution in [0.25, 0.3) is 0 Å². The second kappa shape index (κ2) is 4.02. The third-order valence-corrected chi connectivity index (χ3v) is 2.44. The Morgan fingerprint density at radius 3 is 2.88 bits per heavy atom. The van der Waals surface area contributed by atoms with Crippen molar-refractivity contribution in [2.45, 2.75) is 0 Å². The van der Waals surface area contributed by atoms with Crippen LogP contribution in [0.15, 0.2) is 24.4 Å². The van der Waals surface area contributed by atoms with Crippen molar-refractivity contribution in [3.05, 3.63) is 46.5 Å². The van der Waals surface area contributed by atoms with Gasteiger partial charge in [-0.2, -0.15) is 0 Å². The van der Waals surface area contributed by atoms with Crippen molar-refractivity contribution in [2.24, 2.45) is 7.05 Å². The molecule has 16 heavy (non-hydrogen) atoms. The number of carbonyl (C=O) groups excluding carboxylic acids is 1. The number of rotatable bonds is 2. The van der Waals surface area contributed by atoms with E-state index in [0.29, 0.717) is 0 Å².